The average molecular weight is 511 g/mol. The highest BCUT2D eigenvalue weighted by Crippen LogP contribution is 2.41. The van der Waals surface area contributed by atoms with Crippen LogP contribution in [0.25, 0.3) is 6.08 Å². The fourth-order valence-electron chi connectivity index (χ4n) is 4.92. The van der Waals surface area contributed by atoms with Crippen LogP contribution in [-0.2, 0) is 28.6 Å². The molecule has 0 amide bonds. The Balaban J connectivity index is 2.07. The van der Waals surface area contributed by atoms with Gasteiger partial charge in [-0.1, -0.05) is 30.7 Å². The molecule has 2 aliphatic rings. The summed E-state index contributed by atoms with van der Waals surface area (Å²) < 4.78 is 16.5. The van der Waals surface area contributed by atoms with Crippen molar-refractivity contribution >= 4 is 24.0 Å². The maximum Gasteiger partial charge on any atom is 0.336 e. The quantitative estimate of drug-likeness (QED) is 0.275. The summed E-state index contributed by atoms with van der Waals surface area (Å²) in [5.74, 6) is -2.19. The lowest BCUT2D eigenvalue weighted by Gasteiger charge is -2.32. The van der Waals surface area contributed by atoms with Crippen molar-refractivity contribution in [2.45, 2.75) is 64.9 Å². The first kappa shape index (κ1) is 28.2. The molecule has 0 bridgehead atoms. The van der Waals surface area contributed by atoms with E-state index in [4.69, 9.17) is 14.2 Å². The van der Waals surface area contributed by atoms with E-state index in [9.17, 15) is 14.4 Å². The van der Waals surface area contributed by atoms with E-state index < -0.39 is 23.8 Å². The van der Waals surface area contributed by atoms with E-state index in [1.165, 1.54) is 12.5 Å². The van der Waals surface area contributed by atoms with Crippen molar-refractivity contribution in [3.8, 4) is 0 Å². The minimum absolute atomic E-state index is 0.0472. The van der Waals surface area contributed by atoms with Gasteiger partial charge in [0.2, 0.25) is 0 Å². The molecule has 1 unspecified atom stereocenters. The topological polar surface area (TPSA) is 103 Å². The number of rotatable bonds is 10. The summed E-state index contributed by atoms with van der Waals surface area (Å²) in [6.07, 6.45) is 8.14. The molecular weight excluding hydrogens is 472 g/mol. The van der Waals surface area contributed by atoms with Crippen molar-refractivity contribution in [1.29, 1.82) is 0 Å². The second-order valence-corrected chi connectivity index (χ2v) is 9.12. The fraction of sp³-hybridized carbons (Fsp3) is 0.483. The van der Waals surface area contributed by atoms with Gasteiger partial charge in [0.15, 0.2) is 0 Å². The molecule has 1 saturated carbocycles. The van der Waals surface area contributed by atoms with Gasteiger partial charge in [0.05, 0.1) is 30.3 Å². The summed E-state index contributed by atoms with van der Waals surface area (Å²) >= 11 is 0. The first-order valence-electron chi connectivity index (χ1n) is 13.1. The molecule has 1 aromatic rings. The van der Waals surface area contributed by atoms with Crippen molar-refractivity contribution in [2.24, 2.45) is 0 Å². The number of esters is 3. The minimum Gasteiger partial charge on any atom is -0.463 e. The smallest absolute Gasteiger partial charge is 0.336 e. The lowest BCUT2D eigenvalue weighted by molar-refractivity contribution is -0.144. The van der Waals surface area contributed by atoms with E-state index >= 15 is 0 Å². The summed E-state index contributed by atoms with van der Waals surface area (Å²) in [6.45, 7) is 6.01. The van der Waals surface area contributed by atoms with Gasteiger partial charge in [-0.25, -0.2) is 14.4 Å². The number of carbonyl (C=O) groups is 3. The molecule has 1 fully saturated rings. The molecule has 2 N–H and O–H groups in total. The third-order valence-corrected chi connectivity index (χ3v) is 6.53. The molecule has 0 spiro atoms. The lowest BCUT2D eigenvalue weighted by atomic mass is 9.78. The van der Waals surface area contributed by atoms with E-state index in [-0.39, 0.29) is 19.3 Å². The summed E-state index contributed by atoms with van der Waals surface area (Å²) in [4.78, 5) is 39.0. The molecule has 8 heteroatoms. The summed E-state index contributed by atoms with van der Waals surface area (Å²) in [6, 6.07) is 7.39. The Kier molecular flexibility index (Phi) is 10.5. The fourth-order valence-corrected chi connectivity index (χ4v) is 4.92. The number of hydrogen-bond donors (Lipinski definition) is 2. The zero-order valence-electron chi connectivity index (χ0n) is 22.2. The highest BCUT2D eigenvalue weighted by atomic mass is 16.5. The monoisotopic (exact) mass is 510 g/mol. The molecule has 0 saturated heterocycles. The Hall–Kier alpha value is -3.39. The molecule has 8 nitrogen and oxygen atoms in total. The average Bonchev–Trinajstić information content (AvgIpc) is 2.88. The Morgan fingerprint density at radius 1 is 1.00 bits per heavy atom. The molecule has 1 aliphatic carbocycles. The maximum atomic E-state index is 13.3. The van der Waals surface area contributed by atoms with Gasteiger partial charge in [-0.15, -0.1) is 0 Å². The van der Waals surface area contributed by atoms with Gasteiger partial charge in [0, 0.05) is 24.0 Å². The number of carbonyl (C=O) groups excluding carboxylic acids is 3. The highest BCUT2D eigenvalue weighted by molar-refractivity contribution is 6.00. The van der Waals surface area contributed by atoms with Gasteiger partial charge in [0.25, 0.3) is 0 Å². The molecule has 1 aliphatic heterocycles. The van der Waals surface area contributed by atoms with E-state index in [0.717, 1.165) is 25.7 Å². The number of benzene rings is 1. The predicted molar refractivity (Wildman–Crippen MR) is 141 cm³/mol. The minimum atomic E-state index is -0.752. The molecule has 0 radical (unpaired) electrons. The van der Waals surface area contributed by atoms with Crippen LogP contribution in [0.5, 0.6) is 0 Å². The molecule has 1 heterocycles. The zero-order valence-corrected chi connectivity index (χ0v) is 22.2. The number of nitrogens with one attached hydrogen (secondary N) is 2. The van der Waals surface area contributed by atoms with Crippen molar-refractivity contribution in [3.63, 3.8) is 0 Å². The normalized spacial score (nSPS) is 18.5. The SMILES string of the molecule is CCOC(=O)C1=C(C)NC(CNC)=C(C(=O)OCC)C1c1ccccc1C=CC(=O)OC1CCCCC1. The first-order chi connectivity index (χ1) is 17.9. The highest BCUT2D eigenvalue weighted by Gasteiger charge is 2.39. The molecule has 0 aromatic heterocycles. The number of likely N-dealkylation sites (N-methyl/N-ethyl adjacent to an activating group) is 1. The predicted octanol–water partition coefficient (Wildman–Crippen LogP) is 4.14. The van der Waals surface area contributed by atoms with Gasteiger partial charge in [-0.2, -0.15) is 0 Å². The van der Waals surface area contributed by atoms with Crippen LogP contribution in [0.15, 0.2) is 52.9 Å². The standard InChI is InChI=1S/C29H38N2O6/c1-5-35-28(33)25-19(3)31-23(18-30-4)27(29(34)36-6-2)26(25)22-15-11-10-12-20(22)16-17-24(32)37-21-13-8-7-9-14-21/h10-12,15-17,21,26,30-31H,5-9,13-14,18H2,1-4H3. The number of allylic oxidation sites excluding steroid dienone is 1. The second-order valence-electron chi connectivity index (χ2n) is 9.12. The molecular formula is C29H38N2O6. The van der Waals surface area contributed by atoms with Crippen molar-refractivity contribution < 1.29 is 28.6 Å². The molecule has 1 aromatic carbocycles. The van der Waals surface area contributed by atoms with Gasteiger partial charge < -0.3 is 24.8 Å². The first-order valence-corrected chi connectivity index (χ1v) is 13.1. The molecule has 3 rings (SSSR count). The maximum absolute atomic E-state index is 13.3. The van der Waals surface area contributed by atoms with Crippen LogP contribution in [-0.4, -0.2) is 50.8 Å². The third-order valence-electron chi connectivity index (χ3n) is 6.53. The number of dihydropyridines is 1. The van der Waals surface area contributed by atoms with Gasteiger partial charge in [-0.3, -0.25) is 0 Å². The van der Waals surface area contributed by atoms with Gasteiger partial charge in [-0.05, 0) is 70.7 Å². The Morgan fingerprint density at radius 3 is 2.30 bits per heavy atom. The van der Waals surface area contributed by atoms with Crippen LogP contribution in [0.3, 0.4) is 0 Å². The second kappa shape index (κ2) is 13.8. The molecule has 200 valence electrons. The zero-order chi connectivity index (χ0) is 26.8. The number of hydrogen-bond acceptors (Lipinski definition) is 8. The Morgan fingerprint density at radius 2 is 1.65 bits per heavy atom. The largest absolute Gasteiger partial charge is 0.463 e. The van der Waals surface area contributed by atoms with Crippen LogP contribution in [0.1, 0.15) is 69.9 Å². The van der Waals surface area contributed by atoms with E-state index in [2.05, 4.69) is 10.6 Å². The van der Waals surface area contributed by atoms with Crippen LogP contribution in [0.2, 0.25) is 0 Å². The molecule has 1 atom stereocenters. The Bertz CT molecular complexity index is 1080. The molecule has 37 heavy (non-hydrogen) atoms. The summed E-state index contributed by atoms with van der Waals surface area (Å²) in [5, 5.41) is 6.29. The van der Waals surface area contributed by atoms with Crippen LogP contribution in [0, 0.1) is 0 Å². The summed E-state index contributed by atoms with van der Waals surface area (Å²) in [5.41, 5.74) is 3.25. The lowest BCUT2D eigenvalue weighted by Crippen LogP contribution is -2.36. The van der Waals surface area contributed by atoms with Crippen LogP contribution in [0.4, 0.5) is 0 Å². The van der Waals surface area contributed by atoms with E-state index in [1.54, 1.807) is 33.9 Å². The van der Waals surface area contributed by atoms with Crippen molar-refractivity contribution in [1.82, 2.24) is 10.6 Å². The van der Waals surface area contributed by atoms with Crippen LogP contribution < -0.4 is 10.6 Å². The van der Waals surface area contributed by atoms with Crippen LogP contribution >= 0.6 is 0 Å². The van der Waals surface area contributed by atoms with Crippen molar-refractivity contribution in [3.05, 3.63) is 64.0 Å². The van der Waals surface area contributed by atoms with E-state index in [1.807, 2.05) is 24.3 Å². The number of ether oxygens (including phenoxy) is 3. The summed E-state index contributed by atoms with van der Waals surface area (Å²) in [7, 11) is 1.78. The third kappa shape index (κ3) is 7.10. The van der Waals surface area contributed by atoms with Gasteiger partial charge >= 0.3 is 17.9 Å². The van der Waals surface area contributed by atoms with E-state index in [0.29, 0.717) is 40.2 Å². The van der Waals surface area contributed by atoms with Gasteiger partial charge in [0.1, 0.15) is 6.10 Å². The Labute approximate surface area is 219 Å². The van der Waals surface area contributed by atoms with Crippen molar-refractivity contribution in [2.75, 3.05) is 26.8 Å².